The molecule has 4 atom stereocenters. The summed E-state index contributed by atoms with van der Waals surface area (Å²) in [6.07, 6.45) is 45.4. The van der Waals surface area contributed by atoms with Gasteiger partial charge in [0.1, 0.15) is 18.3 Å². The summed E-state index contributed by atoms with van der Waals surface area (Å²) in [5.41, 5.74) is 0.368. The second kappa shape index (κ2) is 55.0. The minimum absolute atomic E-state index is 0.108. The molecule has 3 amide bonds. The summed E-state index contributed by atoms with van der Waals surface area (Å²) in [5, 5.41) is 56.3. The lowest BCUT2D eigenvalue weighted by atomic mass is 10.0. The van der Waals surface area contributed by atoms with Gasteiger partial charge in [0.15, 0.2) is 17.6 Å². The minimum atomic E-state index is -2.09. The molecule has 0 radical (unpaired) electrons. The molecule has 0 aliphatic rings. The lowest BCUT2D eigenvalue weighted by Gasteiger charge is -2.24. The van der Waals surface area contributed by atoms with E-state index >= 15 is 0 Å². The molecule has 0 heterocycles. The van der Waals surface area contributed by atoms with E-state index < -0.39 is 42.8 Å². The van der Waals surface area contributed by atoms with Crippen molar-refractivity contribution in [1.82, 2.24) is 16.0 Å². The van der Waals surface area contributed by atoms with Crippen molar-refractivity contribution in [1.29, 1.82) is 0 Å². The average molecular weight is 1130 g/mol. The molecule has 80 heavy (non-hydrogen) atoms. The fraction of sp³-hybridized carbons (Fsp3) is 0.864. The number of carbonyl (C=O) groups excluding carboxylic acids is 3. The Morgan fingerprint density at radius 3 is 1.05 bits per heavy atom. The normalized spacial score (nSPS) is 12.9. The first-order chi connectivity index (χ1) is 39.1. The Labute approximate surface area is 488 Å². The van der Waals surface area contributed by atoms with Crippen LogP contribution in [-0.2, 0) is 9.59 Å². The molecule has 0 unspecified atom stereocenters. The topological polar surface area (TPSA) is 216 Å². The van der Waals surface area contributed by atoms with Crippen LogP contribution in [0.3, 0.4) is 0 Å². The molecule has 0 bridgehead atoms. The van der Waals surface area contributed by atoms with Gasteiger partial charge in [-0.3, -0.25) is 14.4 Å². The van der Waals surface area contributed by atoms with Gasteiger partial charge in [-0.05, 0) is 31.4 Å². The zero-order valence-corrected chi connectivity index (χ0v) is 51.5. The molecule has 0 spiro atoms. The summed E-state index contributed by atoms with van der Waals surface area (Å²) < 4.78 is 19.6. The largest absolute Gasteiger partial charge is 0.490 e. The number of unbranched alkanes of at least 4 members (excludes halogenated alkanes) is 39. The molecule has 0 fully saturated rings. The van der Waals surface area contributed by atoms with Crippen molar-refractivity contribution in [3.05, 3.63) is 17.7 Å². The summed E-state index contributed by atoms with van der Waals surface area (Å²) in [4.78, 5) is 38.7. The van der Waals surface area contributed by atoms with E-state index in [2.05, 4.69) is 36.7 Å². The highest BCUT2D eigenvalue weighted by Gasteiger charge is 2.34. The number of nitrogens with one attached hydrogen (secondary N) is 3. The Balaban J connectivity index is 2.94. The lowest BCUT2D eigenvalue weighted by Crippen LogP contribution is -2.52. The number of hydrogen-bond acceptors (Lipinski definition) is 11. The number of rotatable bonds is 60. The van der Waals surface area contributed by atoms with Crippen molar-refractivity contribution in [3.8, 4) is 17.2 Å². The van der Waals surface area contributed by atoms with Crippen molar-refractivity contribution < 1.29 is 54.1 Å². The summed E-state index contributed by atoms with van der Waals surface area (Å²) in [6, 6.07) is 3.49. The van der Waals surface area contributed by atoms with Gasteiger partial charge in [0.25, 0.3) is 11.8 Å². The number of benzene rings is 1. The molecular weight excluding hydrogens is 1010 g/mol. The third-order valence-corrected chi connectivity index (χ3v) is 15.4. The van der Waals surface area contributed by atoms with Crippen LogP contribution in [0.15, 0.2) is 12.1 Å². The molecule has 468 valence electrons. The van der Waals surface area contributed by atoms with Crippen LogP contribution in [0.5, 0.6) is 17.2 Å². The molecule has 1 aromatic carbocycles. The van der Waals surface area contributed by atoms with Gasteiger partial charge in [0.2, 0.25) is 11.7 Å². The van der Waals surface area contributed by atoms with E-state index in [4.69, 9.17) is 19.3 Å². The Hall–Kier alpha value is -3.17. The molecule has 0 saturated heterocycles. The van der Waals surface area contributed by atoms with Gasteiger partial charge >= 0.3 is 0 Å². The predicted molar refractivity (Wildman–Crippen MR) is 328 cm³/mol. The number of hydrogen-bond donors (Lipinski definition) is 8. The number of amides is 3. The van der Waals surface area contributed by atoms with Crippen molar-refractivity contribution in [2.45, 2.75) is 321 Å². The smallest absolute Gasteiger partial charge is 0.251 e. The molecule has 14 nitrogen and oxygen atoms in total. The molecular formula is C66H123N3O11. The lowest BCUT2D eigenvalue weighted by molar-refractivity contribution is -0.148. The van der Waals surface area contributed by atoms with E-state index in [0.717, 1.165) is 38.5 Å². The molecule has 0 aliphatic carbocycles. The maximum atomic E-state index is 13.8. The summed E-state index contributed by atoms with van der Waals surface area (Å²) in [5.74, 6) is -0.287. The van der Waals surface area contributed by atoms with Crippen molar-refractivity contribution in [2.24, 2.45) is 0 Å². The Morgan fingerprint density at radius 2 is 0.713 bits per heavy atom. The van der Waals surface area contributed by atoms with E-state index in [1.165, 1.54) is 231 Å². The quantitative estimate of drug-likeness (QED) is 0.0287. The van der Waals surface area contributed by atoms with Crippen LogP contribution in [-0.4, -0.2) is 114 Å². The van der Waals surface area contributed by atoms with Crippen LogP contribution in [0, 0.1) is 0 Å². The SMILES string of the molecule is CCCCCCCCCCCCCCCCOc1cc(C(=O)NCCNC(=O)CCNC(=O)[C@H](O)[C@@H](O)[C@H](O)[C@H](O)CO)cc(OCCCCCCCCCCCCCCCC)c1OCCCCCCCCCCCCCCCC. The first-order valence-corrected chi connectivity index (χ1v) is 33.3. The first-order valence-electron chi connectivity index (χ1n) is 33.3. The molecule has 1 rings (SSSR count). The first kappa shape index (κ1) is 74.8. The highest BCUT2D eigenvalue weighted by molar-refractivity contribution is 5.95. The standard InChI is InChI=1S/C66H123N3O11/c1-4-7-10-13-16-19-22-25-28-31-34-37-40-43-50-78-58-53-56(65(76)69-49-48-67-60(72)46-47-68-66(77)63(75)62(74)61(73)57(71)55-70)54-59(79-51-44-41-38-35-32-29-26-23-20-17-14-11-8-5-2)64(58)80-52-45-42-39-36-33-30-27-24-21-18-15-12-9-6-3/h53-54,57,61-63,70-71,73-75H,4-52,55H2,1-3H3,(H,67,72)(H,68,77)(H,69,76)/t57-,61-,62+,63-/m1/s1. The van der Waals surface area contributed by atoms with Crippen LogP contribution < -0.4 is 30.2 Å². The Morgan fingerprint density at radius 1 is 0.400 bits per heavy atom. The van der Waals surface area contributed by atoms with Gasteiger partial charge < -0.3 is 55.7 Å². The zero-order valence-electron chi connectivity index (χ0n) is 51.5. The van der Waals surface area contributed by atoms with E-state index in [1.54, 1.807) is 12.1 Å². The van der Waals surface area contributed by atoms with Gasteiger partial charge in [-0.25, -0.2) is 0 Å². The van der Waals surface area contributed by atoms with Crippen LogP contribution in [0.1, 0.15) is 307 Å². The summed E-state index contributed by atoms with van der Waals surface area (Å²) >= 11 is 0. The minimum Gasteiger partial charge on any atom is -0.490 e. The van der Waals surface area contributed by atoms with Crippen molar-refractivity contribution in [3.63, 3.8) is 0 Å². The van der Waals surface area contributed by atoms with Gasteiger partial charge in [-0.2, -0.15) is 0 Å². The van der Waals surface area contributed by atoms with Gasteiger partial charge in [-0.1, -0.05) is 271 Å². The maximum Gasteiger partial charge on any atom is 0.251 e. The Kier molecular flexibility index (Phi) is 51.5. The number of ether oxygens (including phenoxy) is 3. The maximum absolute atomic E-state index is 13.8. The number of aliphatic hydroxyl groups excluding tert-OH is 5. The molecule has 1 aromatic rings. The number of carbonyl (C=O) groups is 3. The Bertz CT molecular complexity index is 1530. The second-order valence-electron chi connectivity index (χ2n) is 23.0. The highest BCUT2D eigenvalue weighted by Crippen LogP contribution is 2.40. The summed E-state index contributed by atoms with van der Waals surface area (Å²) in [6.45, 7) is 7.50. The zero-order chi connectivity index (χ0) is 58.4. The van der Waals surface area contributed by atoms with Gasteiger partial charge in [0.05, 0.1) is 26.4 Å². The summed E-state index contributed by atoms with van der Waals surface area (Å²) in [7, 11) is 0. The van der Waals surface area contributed by atoms with Crippen molar-refractivity contribution in [2.75, 3.05) is 46.1 Å². The highest BCUT2D eigenvalue weighted by atomic mass is 16.5. The van der Waals surface area contributed by atoms with Gasteiger partial charge in [0, 0.05) is 31.6 Å². The second-order valence-corrected chi connectivity index (χ2v) is 23.0. The fourth-order valence-electron chi connectivity index (χ4n) is 10.1. The molecule has 0 aromatic heterocycles. The molecule has 14 heteroatoms. The van der Waals surface area contributed by atoms with Crippen LogP contribution >= 0.6 is 0 Å². The monoisotopic (exact) mass is 1130 g/mol. The van der Waals surface area contributed by atoms with Crippen LogP contribution in [0.4, 0.5) is 0 Å². The van der Waals surface area contributed by atoms with Crippen LogP contribution in [0.2, 0.25) is 0 Å². The average Bonchev–Trinajstić information content (AvgIpc) is 3.50. The number of aliphatic hydroxyl groups is 5. The molecule has 8 N–H and O–H groups in total. The molecule has 0 saturated carbocycles. The van der Waals surface area contributed by atoms with Crippen molar-refractivity contribution >= 4 is 17.7 Å². The molecule has 0 aliphatic heterocycles. The fourth-order valence-corrected chi connectivity index (χ4v) is 10.1. The van der Waals surface area contributed by atoms with Crippen LogP contribution in [0.25, 0.3) is 0 Å². The van der Waals surface area contributed by atoms with Gasteiger partial charge in [-0.15, -0.1) is 0 Å². The van der Waals surface area contributed by atoms with E-state index in [0.29, 0.717) is 42.6 Å². The third-order valence-electron chi connectivity index (χ3n) is 15.4. The van der Waals surface area contributed by atoms with E-state index in [9.17, 15) is 34.8 Å². The van der Waals surface area contributed by atoms with E-state index in [1.807, 2.05) is 0 Å². The van der Waals surface area contributed by atoms with E-state index in [-0.39, 0.29) is 32.0 Å². The third kappa shape index (κ3) is 41.8. The predicted octanol–water partition coefficient (Wildman–Crippen LogP) is 14.1.